The van der Waals surface area contributed by atoms with Gasteiger partial charge >= 0.3 is 0 Å². The van der Waals surface area contributed by atoms with Crippen LogP contribution in [-0.4, -0.2) is 19.1 Å². The van der Waals surface area contributed by atoms with E-state index >= 15 is 0 Å². The molecule has 5 nitrogen and oxygen atoms in total. The van der Waals surface area contributed by atoms with E-state index in [4.69, 9.17) is 14.4 Å². The average molecular weight is 807 g/mol. The number of para-hydroxylation sites is 3. The second-order valence-corrected chi connectivity index (χ2v) is 16.5. The lowest BCUT2D eigenvalue weighted by Crippen LogP contribution is -2.06. The Labute approximate surface area is 363 Å². The van der Waals surface area contributed by atoms with Crippen LogP contribution in [0.5, 0.6) is 0 Å². The molecular formula is C58H38N4O. The summed E-state index contributed by atoms with van der Waals surface area (Å²) in [5.41, 5.74) is 14.6. The number of allylic oxidation sites excluding steroid dienone is 4. The summed E-state index contributed by atoms with van der Waals surface area (Å²) in [5.74, 6) is 0.679. The second kappa shape index (κ2) is 14.2. The zero-order valence-electron chi connectivity index (χ0n) is 34.2. The first-order valence-electron chi connectivity index (χ1n) is 21.6. The molecule has 1 aliphatic carbocycles. The Morgan fingerprint density at radius 1 is 0.476 bits per heavy atom. The van der Waals surface area contributed by atoms with Gasteiger partial charge in [-0.25, -0.2) is 9.97 Å². The van der Waals surface area contributed by atoms with Crippen molar-refractivity contribution in [1.82, 2.24) is 19.1 Å². The topological polar surface area (TPSA) is 48.8 Å². The van der Waals surface area contributed by atoms with Crippen LogP contribution in [0.1, 0.15) is 12.5 Å². The van der Waals surface area contributed by atoms with Crippen LogP contribution in [0, 0.1) is 0 Å². The number of benzene rings is 8. The predicted molar refractivity (Wildman–Crippen MR) is 260 cm³/mol. The van der Waals surface area contributed by atoms with Crippen molar-refractivity contribution in [3.63, 3.8) is 0 Å². The van der Waals surface area contributed by atoms with Crippen molar-refractivity contribution in [2.75, 3.05) is 0 Å². The Hall–Kier alpha value is -8.28. The lowest BCUT2D eigenvalue weighted by molar-refractivity contribution is 0.648. The molecule has 0 radical (unpaired) electrons. The van der Waals surface area contributed by atoms with Gasteiger partial charge in [-0.1, -0.05) is 146 Å². The molecule has 8 aromatic carbocycles. The molecule has 1 unspecified atom stereocenters. The van der Waals surface area contributed by atoms with Crippen molar-refractivity contribution in [3.05, 3.63) is 212 Å². The summed E-state index contributed by atoms with van der Waals surface area (Å²) in [6, 6.07) is 67.1. The molecule has 5 heteroatoms. The molecule has 0 N–H and O–H groups in total. The highest BCUT2D eigenvalue weighted by Gasteiger charge is 2.24. The quantitative estimate of drug-likeness (QED) is 0.168. The van der Waals surface area contributed by atoms with Gasteiger partial charge in [0.2, 0.25) is 0 Å². The van der Waals surface area contributed by atoms with Crippen molar-refractivity contribution in [2.24, 2.45) is 0 Å². The van der Waals surface area contributed by atoms with Crippen molar-refractivity contribution in [3.8, 4) is 50.7 Å². The SMILES string of the molecule is C1=CCC(n2c3ccccc3c3cc(-c4cc5c6ccccc6oc5c5c4c4ccccc4n5-c4ccc(-c5nc(-c6ccccc6)cc(-c6ccccc6)n5)cc4)ccc32)C=C1. The molecule has 4 heterocycles. The van der Waals surface area contributed by atoms with E-state index in [-0.39, 0.29) is 6.04 Å². The van der Waals surface area contributed by atoms with E-state index in [1.54, 1.807) is 0 Å². The molecule has 4 aromatic heterocycles. The van der Waals surface area contributed by atoms with Crippen LogP contribution in [0.25, 0.3) is 116 Å². The van der Waals surface area contributed by atoms with Crippen LogP contribution in [0.4, 0.5) is 0 Å². The number of fused-ring (bicyclic) bond motifs is 10. The highest BCUT2D eigenvalue weighted by atomic mass is 16.3. The van der Waals surface area contributed by atoms with E-state index in [0.717, 1.165) is 78.5 Å². The number of hydrogen-bond acceptors (Lipinski definition) is 3. The van der Waals surface area contributed by atoms with E-state index in [0.29, 0.717) is 5.82 Å². The molecular weight excluding hydrogens is 769 g/mol. The maximum atomic E-state index is 6.89. The van der Waals surface area contributed by atoms with Gasteiger partial charge in [-0.05, 0) is 84.3 Å². The minimum absolute atomic E-state index is 0.262. The Kier molecular flexibility index (Phi) is 7.97. The van der Waals surface area contributed by atoms with Crippen molar-refractivity contribution >= 4 is 65.6 Å². The molecule has 63 heavy (non-hydrogen) atoms. The number of hydrogen-bond donors (Lipinski definition) is 0. The summed E-state index contributed by atoms with van der Waals surface area (Å²) in [4.78, 5) is 10.3. The molecule has 1 atom stereocenters. The smallest absolute Gasteiger partial charge is 0.160 e. The molecule has 0 saturated heterocycles. The van der Waals surface area contributed by atoms with Gasteiger partial charge in [-0.3, -0.25) is 0 Å². The van der Waals surface area contributed by atoms with E-state index < -0.39 is 0 Å². The van der Waals surface area contributed by atoms with Crippen LogP contribution in [-0.2, 0) is 0 Å². The number of nitrogens with zero attached hydrogens (tertiary/aromatic N) is 4. The molecule has 296 valence electrons. The van der Waals surface area contributed by atoms with Crippen LogP contribution >= 0.6 is 0 Å². The fourth-order valence-corrected chi connectivity index (χ4v) is 9.96. The van der Waals surface area contributed by atoms with Gasteiger partial charge in [0.1, 0.15) is 5.58 Å². The average Bonchev–Trinajstić information content (AvgIpc) is 4.02. The van der Waals surface area contributed by atoms with Gasteiger partial charge in [0.15, 0.2) is 11.4 Å². The summed E-state index contributed by atoms with van der Waals surface area (Å²) < 4.78 is 11.8. The van der Waals surface area contributed by atoms with Crippen LogP contribution in [0.15, 0.2) is 217 Å². The van der Waals surface area contributed by atoms with Gasteiger partial charge in [0, 0.05) is 65.7 Å². The van der Waals surface area contributed by atoms with Crippen molar-refractivity contribution in [1.29, 1.82) is 0 Å². The number of rotatable bonds is 6. The Bertz CT molecular complexity index is 3760. The Balaban J connectivity index is 1.03. The Morgan fingerprint density at radius 3 is 1.84 bits per heavy atom. The monoisotopic (exact) mass is 806 g/mol. The molecule has 0 saturated carbocycles. The maximum absolute atomic E-state index is 6.89. The molecule has 0 spiro atoms. The standard InChI is InChI=1S/C58H38N4O/c1-4-16-37(17-5-1)49-36-50(38-18-6-2-7-19-38)60-58(59-49)39-28-31-42(32-29-39)62-52-26-14-11-24-45(52)55-46(35-48-44-23-12-15-27-54(44)63-57(48)56(55)62)40-30-33-53-47(34-40)43-22-10-13-25-51(43)61(53)41-20-8-3-9-21-41/h1-20,22-36,41H,21H2. The number of aromatic nitrogens is 4. The highest BCUT2D eigenvalue weighted by Crippen LogP contribution is 2.47. The third kappa shape index (κ3) is 5.63. The highest BCUT2D eigenvalue weighted by molar-refractivity contribution is 6.26. The van der Waals surface area contributed by atoms with Gasteiger partial charge < -0.3 is 13.6 Å². The van der Waals surface area contributed by atoms with E-state index in [1.165, 1.54) is 38.3 Å². The number of furan rings is 1. The Morgan fingerprint density at radius 2 is 1.11 bits per heavy atom. The van der Waals surface area contributed by atoms with E-state index in [9.17, 15) is 0 Å². The molecule has 1 aliphatic rings. The molecule has 13 rings (SSSR count). The molecule has 0 bridgehead atoms. The zero-order chi connectivity index (χ0) is 41.4. The maximum Gasteiger partial charge on any atom is 0.160 e. The summed E-state index contributed by atoms with van der Waals surface area (Å²) in [7, 11) is 0. The third-order valence-electron chi connectivity index (χ3n) is 12.8. The van der Waals surface area contributed by atoms with Crippen molar-refractivity contribution in [2.45, 2.75) is 12.5 Å². The van der Waals surface area contributed by atoms with Gasteiger partial charge in [-0.15, -0.1) is 0 Å². The summed E-state index contributed by atoms with van der Waals surface area (Å²) in [6.45, 7) is 0. The minimum Gasteiger partial charge on any atom is -0.454 e. The van der Waals surface area contributed by atoms with Crippen LogP contribution in [0.3, 0.4) is 0 Å². The van der Waals surface area contributed by atoms with E-state index in [2.05, 4.69) is 209 Å². The third-order valence-corrected chi connectivity index (χ3v) is 12.8. The fourth-order valence-electron chi connectivity index (χ4n) is 9.96. The van der Waals surface area contributed by atoms with Gasteiger partial charge in [0.25, 0.3) is 0 Å². The zero-order valence-corrected chi connectivity index (χ0v) is 34.2. The van der Waals surface area contributed by atoms with Gasteiger partial charge in [0.05, 0.1) is 28.5 Å². The fraction of sp³-hybridized carbons (Fsp3) is 0.0345. The normalized spacial score (nSPS) is 14.0. The second-order valence-electron chi connectivity index (χ2n) is 16.5. The molecule has 0 aliphatic heterocycles. The summed E-state index contributed by atoms with van der Waals surface area (Å²) in [5, 5.41) is 7.04. The largest absolute Gasteiger partial charge is 0.454 e. The first-order valence-corrected chi connectivity index (χ1v) is 21.6. The van der Waals surface area contributed by atoms with Crippen LogP contribution < -0.4 is 0 Å². The lowest BCUT2D eigenvalue weighted by atomic mass is 9.95. The van der Waals surface area contributed by atoms with Crippen LogP contribution in [0.2, 0.25) is 0 Å². The van der Waals surface area contributed by atoms with Gasteiger partial charge in [-0.2, -0.15) is 0 Å². The van der Waals surface area contributed by atoms with E-state index in [1.807, 2.05) is 12.1 Å². The summed E-state index contributed by atoms with van der Waals surface area (Å²) in [6.07, 6.45) is 9.88. The predicted octanol–water partition coefficient (Wildman–Crippen LogP) is 15.3. The molecule has 0 fully saturated rings. The molecule has 0 amide bonds. The summed E-state index contributed by atoms with van der Waals surface area (Å²) >= 11 is 0. The minimum atomic E-state index is 0.262. The molecule has 12 aromatic rings. The first-order chi connectivity index (χ1) is 31.2. The lowest BCUT2D eigenvalue weighted by Gasteiger charge is -2.18. The van der Waals surface area contributed by atoms with Crippen molar-refractivity contribution < 1.29 is 4.42 Å². The first kappa shape index (κ1) is 35.5.